The van der Waals surface area contributed by atoms with E-state index in [0.29, 0.717) is 18.1 Å². The third kappa shape index (κ3) is 2.34. The van der Waals surface area contributed by atoms with Gasteiger partial charge in [0.05, 0.1) is 24.9 Å². The van der Waals surface area contributed by atoms with Gasteiger partial charge in [-0.25, -0.2) is 14.4 Å². The Morgan fingerprint density at radius 2 is 1.96 bits per heavy atom. The number of hydrogen-bond acceptors (Lipinski definition) is 4. The molecule has 2 heterocycles. The van der Waals surface area contributed by atoms with E-state index in [9.17, 15) is 4.39 Å². The molecule has 4 nitrogen and oxygen atoms in total. The Morgan fingerprint density at radius 1 is 1.08 bits per heavy atom. The maximum absolute atomic E-state index is 14.3. The number of methoxy groups -OCH3 is 1. The number of hydrogen-bond donors (Lipinski definition) is 0. The average Bonchev–Trinajstić information content (AvgIpc) is 2.80. The Balaban J connectivity index is 1.95. The fourth-order valence-electron chi connectivity index (χ4n) is 2.84. The molecule has 0 radical (unpaired) electrons. The van der Waals surface area contributed by atoms with E-state index < -0.39 is 5.82 Å². The molecule has 1 aliphatic rings. The molecule has 118 valence electrons. The molecule has 0 bridgehead atoms. The molecule has 0 atom stereocenters. The van der Waals surface area contributed by atoms with E-state index in [0.717, 1.165) is 22.4 Å². The van der Waals surface area contributed by atoms with Crippen molar-refractivity contribution < 1.29 is 9.13 Å². The fourth-order valence-corrected chi connectivity index (χ4v) is 2.84. The zero-order chi connectivity index (χ0) is 16.5. The summed E-state index contributed by atoms with van der Waals surface area (Å²) in [4.78, 5) is 13.4. The minimum atomic E-state index is -0.410. The van der Waals surface area contributed by atoms with Crippen LogP contribution in [-0.4, -0.2) is 23.3 Å². The molecule has 0 fully saturated rings. The molecule has 0 unspecified atom stereocenters. The van der Waals surface area contributed by atoms with E-state index in [1.54, 1.807) is 18.3 Å². The summed E-state index contributed by atoms with van der Waals surface area (Å²) in [5, 5.41) is 0. The number of nitrogens with zero attached hydrogens (tertiary/aromatic N) is 3. The molecule has 0 amide bonds. The van der Waals surface area contributed by atoms with Crippen LogP contribution in [0.1, 0.15) is 11.1 Å². The first-order valence-corrected chi connectivity index (χ1v) is 7.56. The van der Waals surface area contributed by atoms with Crippen molar-refractivity contribution in [2.45, 2.75) is 6.54 Å². The van der Waals surface area contributed by atoms with Gasteiger partial charge in [0.25, 0.3) is 0 Å². The second-order valence-electron chi connectivity index (χ2n) is 5.44. The zero-order valence-corrected chi connectivity index (χ0v) is 13.0. The first kappa shape index (κ1) is 14.5. The lowest BCUT2D eigenvalue weighted by Gasteiger charge is -2.12. The van der Waals surface area contributed by atoms with Crippen molar-refractivity contribution in [3.8, 4) is 28.4 Å². The topological polar surface area (TPSA) is 47.4 Å². The Kier molecular flexibility index (Phi) is 3.54. The van der Waals surface area contributed by atoms with Crippen molar-refractivity contribution in [3.05, 3.63) is 65.6 Å². The van der Waals surface area contributed by atoms with Gasteiger partial charge in [-0.15, -0.1) is 0 Å². The van der Waals surface area contributed by atoms with Crippen molar-refractivity contribution in [1.82, 2.24) is 9.97 Å². The fraction of sp³-hybridized carbons (Fsp3) is 0.105. The third-order valence-corrected chi connectivity index (χ3v) is 3.99. The summed E-state index contributed by atoms with van der Waals surface area (Å²) in [7, 11) is 1.50. The van der Waals surface area contributed by atoms with Gasteiger partial charge in [-0.05, 0) is 12.1 Å². The van der Waals surface area contributed by atoms with Crippen LogP contribution in [0, 0.1) is 5.82 Å². The van der Waals surface area contributed by atoms with Gasteiger partial charge in [0, 0.05) is 29.1 Å². The lowest BCUT2D eigenvalue weighted by molar-refractivity contribution is 0.413. The molecule has 1 aliphatic heterocycles. The van der Waals surface area contributed by atoms with E-state index in [1.165, 1.54) is 13.2 Å². The van der Waals surface area contributed by atoms with Crippen LogP contribution in [0.15, 0.2) is 53.7 Å². The van der Waals surface area contributed by atoms with E-state index in [-0.39, 0.29) is 5.56 Å². The molecule has 1 aromatic heterocycles. The predicted octanol–water partition coefficient (Wildman–Crippen LogP) is 3.89. The molecule has 0 saturated carbocycles. The van der Waals surface area contributed by atoms with E-state index in [2.05, 4.69) is 15.0 Å². The highest BCUT2D eigenvalue weighted by molar-refractivity contribution is 5.91. The number of fused-ring (bicyclic) bond motifs is 3. The normalized spacial score (nSPS) is 12.2. The maximum atomic E-state index is 14.3. The monoisotopic (exact) mass is 319 g/mol. The van der Waals surface area contributed by atoms with Crippen LogP contribution in [0.25, 0.3) is 22.6 Å². The summed E-state index contributed by atoms with van der Waals surface area (Å²) in [6.45, 7) is 0.499. The van der Waals surface area contributed by atoms with Crippen LogP contribution in [-0.2, 0) is 6.54 Å². The summed E-state index contributed by atoms with van der Waals surface area (Å²) >= 11 is 0. The molecule has 0 saturated heterocycles. The molecule has 24 heavy (non-hydrogen) atoms. The molecule has 0 spiro atoms. The quantitative estimate of drug-likeness (QED) is 0.720. The molecule has 4 rings (SSSR count). The molecule has 0 aliphatic carbocycles. The number of ether oxygens (including phenoxy) is 1. The number of aliphatic imine (C=N–C) groups is 1. The average molecular weight is 319 g/mol. The highest BCUT2D eigenvalue weighted by Crippen LogP contribution is 2.33. The van der Waals surface area contributed by atoms with Crippen LogP contribution >= 0.6 is 0 Å². The second kappa shape index (κ2) is 5.85. The van der Waals surface area contributed by atoms with Crippen molar-refractivity contribution in [2.75, 3.05) is 7.11 Å². The lowest BCUT2D eigenvalue weighted by Crippen LogP contribution is -2.01. The lowest BCUT2D eigenvalue weighted by atomic mass is 10.0. The van der Waals surface area contributed by atoms with Gasteiger partial charge in [-0.2, -0.15) is 0 Å². The van der Waals surface area contributed by atoms with Gasteiger partial charge < -0.3 is 4.74 Å². The van der Waals surface area contributed by atoms with Crippen molar-refractivity contribution in [3.63, 3.8) is 0 Å². The van der Waals surface area contributed by atoms with Crippen molar-refractivity contribution in [1.29, 1.82) is 0 Å². The van der Waals surface area contributed by atoms with Gasteiger partial charge in [-0.1, -0.05) is 30.3 Å². The van der Waals surface area contributed by atoms with Crippen molar-refractivity contribution >= 4 is 6.21 Å². The predicted molar refractivity (Wildman–Crippen MR) is 90.7 cm³/mol. The van der Waals surface area contributed by atoms with Gasteiger partial charge in [-0.3, -0.25) is 4.99 Å². The molecule has 2 aromatic carbocycles. The van der Waals surface area contributed by atoms with Crippen LogP contribution in [0.5, 0.6) is 5.75 Å². The minimum absolute atomic E-state index is 0.269. The highest BCUT2D eigenvalue weighted by Gasteiger charge is 2.19. The largest absolute Gasteiger partial charge is 0.496 e. The van der Waals surface area contributed by atoms with Crippen molar-refractivity contribution in [2.24, 2.45) is 4.99 Å². The van der Waals surface area contributed by atoms with Crippen LogP contribution in [0.4, 0.5) is 4.39 Å². The Bertz CT molecular complexity index is 953. The SMILES string of the molecule is COc1cccc(F)c1-c1ncc2c(n1)-c1ccccc1C=NC2. The molecular formula is C19H14FN3O. The number of benzene rings is 2. The molecule has 0 N–H and O–H groups in total. The second-order valence-corrected chi connectivity index (χ2v) is 5.44. The third-order valence-electron chi connectivity index (χ3n) is 3.99. The minimum Gasteiger partial charge on any atom is -0.496 e. The van der Waals surface area contributed by atoms with E-state index in [4.69, 9.17) is 4.74 Å². The first-order chi connectivity index (χ1) is 11.8. The zero-order valence-electron chi connectivity index (χ0n) is 13.0. The summed E-state index contributed by atoms with van der Waals surface area (Å²) in [5.41, 5.74) is 3.91. The Labute approximate surface area is 138 Å². The van der Waals surface area contributed by atoms with Crippen LogP contribution in [0.3, 0.4) is 0 Å². The highest BCUT2D eigenvalue weighted by atomic mass is 19.1. The van der Waals surface area contributed by atoms with Gasteiger partial charge in [0.2, 0.25) is 0 Å². The van der Waals surface area contributed by atoms with Crippen LogP contribution in [0.2, 0.25) is 0 Å². The Morgan fingerprint density at radius 3 is 2.83 bits per heavy atom. The van der Waals surface area contributed by atoms with E-state index >= 15 is 0 Å². The van der Waals surface area contributed by atoms with E-state index in [1.807, 2.05) is 30.5 Å². The first-order valence-electron chi connectivity index (χ1n) is 7.56. The number of aromatic nitrogens is 2. The Hall–Kier alpha value is -3.08. The smallest absolute Gasteiger partial charge is 0.166 e. The summed E-state index contributed by atoms with van der Waals surface area (Å²) in [6, 6.07) is 12.6. The summed E-state index contributed by atoms with van der Waals surface area (Å²) in [6.07, 6.45) is 3.54. The molecule has 5 heteroatoms. The molecular weight excluding hydrogens is 305 g/mol. The van der Waals surface area contributed by atoms with Gasteiger partial charge >= 0.3 is 0 Å². The molecule has 3 aromatic rings. The summed E-state index contributed by atoms with van der Waals surface area (Å²) in [5.74, 6) is 0.306. The van der Waals surface area contributed by atoms with Crippen LogP contribution < -0.4 is 4.74 Å². The number of halogens is 1. The van der Waals surface area contributed by atoms with Gasteiger partial charge in [0.15, 0.2) is 5.82 Å². The van der Waals surface area contributed by atoms with Gasteiger partial charge in [0.1, 0.15) is 11.6 Å². The summed E-state index contributed by atoms with van der Waals surface area (Å²) < 4.78 is 19.6. The number of rotatable bonds is 2. The maximum Gasteiger partial charge on any atom is 0.166 e. The standard InChI is InChI=1S/C19H14FN3O/c1-24-16-8-4-7-15(20)17(16)19-22-11-13-10-21-9-12-5-2-3-6-14(12)18(13)23-19/h2-9,11H,10H2,1H3.